The van der Waals surface area contributed by atoms with Gasteiger partial charge in [0.15, 0.2) is 0 Å². The minimum atomic E-state index is -0.441. The van der Waals surface area contributed by atoms with Crippen LogP contribution in [-0.4, -0.2) is 41.5 Å². The van der Waals surface area contributed by atoms with Gasteiger partial charge in [0.1, 0.15) is 5.60 Å². The number of hydrogen-bond acceptors (Lipinski definition) is 4. The van der Waals surface area contributed by atoms with Gasteiger partial charge in [-0.1, -0.05) is 12.8 Å². The first-order valence-electron chi connectivity index (χ1n) is 9.24. The van der Waals surface area contributed by atoms with Gasteiger partial charge in [-0.25, -0.2) is 4.79 Å². The van der Waals surface area contributed by atoms with E-state index >= 15 is 0 Å². The van der Waals surface area contributed by atoms with Crippen molar-refractivity contribution in [2.24, 2.45) is 5.92 Å². The smallest absolute Gasteiger partial charge is 0.407 e. The van der Waals surface area contributed by atoms with Crippen LogP contribution in [0.5, 0.6) is 0 Å². The van der Waals surface area contributed by atoms with Crippen LogP contribution in [0.3, 0.4) is 0 Å². The van der Waals surface area contributed by atoms with E-state index in [0.717, 1.165) is 45.1 Å². The lowest BCUT2D eigenvalue weighted by Gasteiger charge is -2.33. The molecule has 0 bridgehead atoms. The predicted molar refractivity (Wildman–Crippen MR) is 91.4 cm³/mol. The highest BCUT2D eigenvalue weighted by Gasteiger charge is 2.27. The van der Waals surface area contributed by atoms with E-state index < -0.39 is 5.60 Å². The number of alkyl carbamates (subject to hydrolysis) is 1. The molecule has 0 saturated heterocycles. The largest absolute Gasteiger partial charge is 0.444 e. The molecule has 0 aromatic rings. The van der Waals surface area contributed by atoms with Crippen molar-refractivity contribution in [2.45, 2.75) is 95.9 Å². The van der Waals surface area contributed by atoms with E-state index in [1.165, 1.54) is 12.8 Å². The molecule has 1 amide bonds. The van der Waals surface area contributed by atoms with Gasteiger partial charge in [0.2, 0.25) is 0 Å². The summed E-state index contributed by atoms with van der Waals surface area (Å²) in [6.45, 7) is 6.57. The zero-order valence-electron chi connectivity index (χ0n) is 14.9. The molecule has 5 nitrogen and oxygen atoms in total. The number of rotatable bonds is 4. The third-order valence-corrected chi connectivity index (χ3v) is 4.99. The molecule has 3 N–H and O–H groups in total. The van der Waals surface area contributed by atoms with Crippen LogP contribution in [0.15, 0.2) is 0 Å². The summed E-state index contributed by atoms with van der Waals surface area (Å²) in [5, 5.41) is 16.6. The van der Waals surface area contributed by atoms with E-state index in [-0.39, 0.29) is 18.2 Å². The van der Waals surface area contributed by atoms with Gasteiger partial charge < -0.3 is 20.5 Å². The van der Waals surface area contributed by atoms with E-state index in [1.54, 1.807) is 0 Å². The molecule has 2 rings (SSSR count). The number of nitrogens with one attached hydrogen (secondary N) is 2. The number of amides is 1. The topological polar surface area (TPSA) is 70.6 Å². The SMILES string of the molecule is CC(C)(C)OC(=O)NC1CCC(NCC2CCCCC2O)CC1. The minimum absolute atomic E-state index is 0.124. The Morgan fingerprint density at radius 1 is 1.04 bits per heavy atom. The first-order chi connectivity index (χ1) is 10.8. The highest BCUT2D eigenvalue weighted by Crippen LogP contribution is 2.25. The van der Waals surface area contributed by atoms with Crippen LogP contribution in [0, 0.1) is 5.92 Å². The van der Waals surface area contributed by atoms with Crippen LogP contribution in [0.25, 0.3) is 0 Å². The summed E-state index contributed by atoms with van der Waals surface area (Å²) in [5.74, 6) is 0.418. The van der Waals surface area contributed by atoms with Gasteiger partial charge >= 0.3 is 6.09 Å². The molecule has 0 radical (unpaired) electrons. The number of carbonyl (C=O) groups excluding carboxylic acids is 1. The van der Waals surface area contributed by atoms with Crippen molar-refractivity contribution in [3.05, 3.63) is 0 Å². The molecule has 0 aromatic carbocycles. The number of aliphatic hydroxyl groups excluding tert-OH is 1. The van der Waals surface area contributed by atoms with Crippen LogP contribution >= 0.6 is 0 Å². The fourth-order valence-corrected chi connectivity index (χ4v) is 3.66. The Morgan fingerprint density at radius 2 is 1.65 bits per heavy atom. The Balaban J connectivity index is 1.63. The van der Waals surface area contributed by atoms with Crippen LogP contribution in [-0.2, 0) is 4.74 Å². The lowest BCUT2D eigenvalue weighted by Crippen LogP contribution is -2.45. The number of carbonyl (C=O) groups is 1. The van der Waals surface area contributed by atoms with Crippen LogP contribution in [0.4, 0.5) is 4.79 Å². The summed E-state index contributed by atoms with van der Waals surface area (Å²) in [6.07, 6.45) is 8.21. The predicted octanol–water partition coefficient (Wildman–Crippen LogP) is 2.96. The molecule has 2 saturated carbocycles. The Hall–Kier alpha value is -0.810. The van der Waals surface area contributed by atoms with Crippen molar-refractivity contribution >= 4 is 6.09 Å². The van der Waals surface area contributed by atoms with Gasteiger partial charge in [0, 0.05) is 18.6 Å². The van der Waals surface area contributed by atoms with Gasteiger partial charge in [-0.05, 0) is 65.2 Å². The van der Waals surface area contributed by atoms with Crippen molar-refractivity contribution in [2.75, 3.05) is 6.54 Å². The summed E-state index contributed by atoms with van der Waals surface area (Å²) in [5.41, 5.74) is -0.441. The number of aliphatic hydroxyl groups is 1. The maximum atomic E-state index is 11.8. The lowest BCUT2D eigenvalue weighted by molar-refractivity contribution is 0.0484. The van der Waals surface area contributed by atoms with E-state index in [1.807, 2.05) is 20.8 Å². The molecule has 2 unspecified atom stereocenters. The first kappa shape index (κ1) is 18.5. The van der Waals surface area contributed by atoms with Gasteiger partial charge in [0.25, 0.3) is 0 Å². The highest BCUT2D eigenvalue weighted by molar-refractivity contribution is 5.68. The average molecular weight is 326 g/mol. The van der Waals surface area contributed by atoms with E-state index in [0.29, 0.717) is 12.0 Å². The van der Waals surface area contributed by atoms with Crippen LogP contribution < -0.4 is 10.6 Å². The minimum Gasteiger partial charge on any atom is -0.444 e. The van der Waals surface area contributed by atoms with Crippen molar-refractivity contribution in [3.63, 3.8) is 0 Å². The quantitative estimate of drug-likeness (QED) is 0.743. The van der Waals surface area contributed by atoms with Crippen LogP contribution in [0.2, 0.25) is 0 Å². The fraction of sp³-hybridized carbons (Fsp3) is 0.944. The van der Waals surface area contributed by atoms with Gasteiger partial charge in [-0.3, -0.25) is 0 Å². The Kier molecular flexibility index (Phi) is 6.72. The van der Waals surface area contributed by atoms with Crippen molar-refractivity contribution in [1.29, 1.82) is 0 Å². The van der Waals surface area contributed by atoms with Gasteiger partial charge in [0.05, 0.1) is 6.10 Å². The molecular weight excluding hydrogens is 292 g/mol. The molecular formula is C18H34N2O3. The van der Waals surface area contributed by atoms with E-state index in [9.17, 15) is 9.90 Å². The molecule has 2 atom stereocenters. The molecule has 134 valence electrons. The second-order valence-corrected chi connectivity index (χ2v) is 8.21. The molecule has 0 spiro atoms. The standard InChI is InChI=1S/C18H34N2O3/c1-18(2,3)23-17(22)20-15-10-8-14(9-11-15)19-12-13-6-4-5-7-16(13)21/h13-16,19,21H,4-12H2,1-3H3,(H,20,22). The summed E-state index contributed by atoms with van der Waals surface area (Å²) >= 11 is 0. The average Bonchev–Trinajstić information content (AvgIpc) is 2.46. The molecule has 5 heteroatoms. The van der Waals surface area contributed by atoms with Crippen molar-refractivity contribution in [1.82, 2.24) is 10.6 Å². The molecule has 2 fully saturated rings. The summed E-state index contributed by atoms with van der Waals surface area (Å²) in [6, 6.07) is 0.740. The Morgan fingerprint density at radius 3 is 2.26 bits per heavy atom. The molecule has 23 heavy (non-hydrogen) atoms. The van der Waals surface area contributed by atoms with Gasteiger partial charge in [-0.15, -0.1) is 0 Å². The monoisotopic (exact) mass is 326 g/mol. The molecule has 2 aliphatic carbocycles. The maximum absolute atomic E-state index is 11.8. The third-order valence-electron chi connectivity index (χ3n) is 4.99. The normalized spacial score (nSPS) is 32.3. The third kappa shape index (κ3) is 6.68. The van der Waals surface area contributed by atoms with Crippen LogP contribution in [0.1, 0.15) is 72.1 Å². The zero-order chi connectivity index (χ0) is 16.9. The van der Waals surface area contributed by atoms with Gasteiger partial charge in [-0.2, -0.15) is 0 Å². The highest BCUT2D eigenvalue weighted by atomic mass is 16.6. The molecule has 0 aromatic heterocycles. The maximum Gasteiger partial charge on any atom is 0.407 e. The number of ether oxygens (including phenoxy) is 1. The summed E-state index contributed by atoms with van der Waals surface area (Å²) < 4.78 is 5.31. The zero-order valence-corrected chi connectivity index (χ0v) is 14.9. The summed E-state index contributed by atoms with van der Waals surface area (Å²) in [7, 11) is 0. The van der Waals surface area contributed by atoms with Crippen molar-refractivity contribution in [3.8, 4) is 0 Å². The Bertz CT molecular complexity index is 373. The molecule has 0 aliphatic heterocycles. The second-order valence-electron chi connectivity index (χ2n) is 8.21. The Labute approximate surface area is 140 Å². The number of hydrogen-bond donors (Lipinski definition) is 3. The van der Waals surface area contributed by atoms with E-state index in [4.69, 9.17) is 4.74 Å². The fourth-order valence-electron chi connectivity index (χ4n) is 3.66. The molecule has 0 heterocycles. The second kappa shape index (κ2) is 8.34. The lowest BCUT2D eigenvalue weighted by atomic mass is 9.85. The van der Waals surface area contributed by atoms with E-state index in [2.05, 4.69) is 10.6 Å². The summed E-state index contributed by atoms with van der Waals surface area (Å²) in [4.78, 5) is 11.8. The van der Waals surface area contributed by atoms with Crippen molar-refractivity contribution < 1.29 is 14.6 Å². The molecule has 2 aliphatic rings. The first-order valence-corrected chi connectivity index (χ1v) is 9.24.